The maximum Gasteiger partial charge on any atom is 0.151 e. The topological polar surface area (TPSA) is 73.8 Å². The lowest BCUT2D eigenvalue weighted by molar-refractivity contribution is 0.296. The van der Waals surface area contributed by atoms with Crippen LogP contribution in [0.3, 0.4) is 0 Å². The summed E-state index contributed by atoms with van der Waals surface area (Å²) in [5, 5.41) is 15.4. The second kappa shape index (κ2) is 6.83. The molecule has 118 valence electrons. The normalized spacial score (nSPS) is 18.3. The third-order valence-corrected chi connectivity index (χ3v) is 4.07. The molecule has 0 spiro atoms. The molecular weight excluding hydrogens is 278 g/mol. The van der Waals surface area contributed by atoms with E-state index in [1.807, 2.05) is 12.1 Å². The summed E-state index contributed by atoms with van der Waals surface area (Å²) in [5.74, 6) is 2.79. The zero-order valence-corrected chi connectivity index (χ0v) is 13.2. The molecule has 0 aromatic carbocycles. The summed E-state index contributed by atoms with van der Waals surface area (Å²) in [7, 11) is 2.13. The third-order valence-electron chi connectivity index (χ3n) is 4.07. The van der Waals surface area contributed by atoms with Crippen molar-refractivity contribution in [3.63, 3.8) is 0 Å². The number of nitrogens with one attached hydrogen (secondary N) is 1. The van der Waals surface area contributed by atoms with Crippen LogP contribution in [0.4, 0.5) is 5.82 Å². The van der Waals surface area contributed by atoms with Crippen molar-refractivity contribution in [2.45, 2.75) is 38.8 Å². The van der Waals surface area contributed by atoms with Crippen LogP contribution in [0, 0.1) is 0 Å². The highest BCUT2D eigenvalue weighted by atomic mass is 15.3. The fourth-order valence-corrected chi connectivity index (χ4v) is 3.02. The average Bonchev–Trinajstić information content (AvgIpc) is 3.17. The summed E-state index contributed by atoms with van der Waals surface area (Å²) in [6.45, 7) is 4.89. The number of anilines is 1. The zero-order valence-electron chi connectivity index (χ0n) is 13.2. The maximum atomic E-state index is 4.48. The fourth-order valence-electron chi connectivity index (χ4n) is 3.02. The summed E-state index contributed by atoms with van der Waals surface area (Å²) >= 11 is 0. The van der Waals surface area contributed by atoms with Crippen molar-refractivity contribution in [3.05, 3.63) is 30.0 Å². The highest BCUT2D eigenvalue weighted by Crippen LogP contribution is 2.23. The van der Waals surface area contributed by atoms with Gasteiger partial charge in [-0.3, -0.25) is 10.00 Å². The predicted molar refractivity (Wildman–Crippen MR) is 84.5 cm³/mol. The van der Waals surface area contributed by atoms with E-state index in [0.29, 0.717) is 6.04 Å². The first-order valence-corrected chi connectivity index (χ1v) is 7.89. The van der Waals surface area contributed by atoms with Gasteiger partial charge in [-0.1, -0.05) is 6.92 Å². The average molecular weight is 301 g/mol. The molecule has 1 aliphatic rings. The van der Waals surface area contributed by atoms with E-state index in [-0.39, 0.29) is 0 Å². The number of aromatic nitrogens is 5. The number of hydrogen-bond donors (Lipinski definition) is 1. The number of H-pyrrole nitrogens is 1. The standard InChI is InChI=1S/C15H23N7/c1-3-13-17-14(19-18-13)11-21(2)10-12-6-5-9-22(12)15-7-4-8-16-20-15/h4,7-8,12H,3,5-6,9-11H2,1-2H3,(H,17,18,19)/t12-/m1/s1. The van der Waals surface area contributed by atoms with E-state index in [2.05, 4.69) is 49.1 Å². The summed E-state index contributed by atoms with van der Waals surface area (Å²) in [6, 6.07) is 4.47. The van der Waals surface area contributed by atoms with E-state index in [0.717, 1.165) is 43.5 Å². The first-order valence-electron chi connectivity index (χ1n) is 7.89. The minimum Gasteiger partial charge on any atom is -0.351 e. The van der Waals surface area contributed by atoms with E-state index in [4.69, 9.17) is 0 Å². The molecule has 7 heteroatoms. The van der Waals surface area contributed by atoms with Gasteiger partial charge >= 0.3 is 0 Å². The summed E-state index contributed by atoms with van der Waals surface area (Å²) in [4.78, 5) is 9.13. The number of aryl methyl sites for hydroxylation is 1. The first kappa shape index (κ1) is 14.9. The van der Waals surface area contributed by atoms with Gasteiger partial charge in [-0.2, -0.15) is 10.2 Å². The first-order chi connectivity index (χ1) is 10.8. The molecule has 2 aromatic heterocycles. The second-order valence-electron chi connectivity index (χ2n) is 5.82. The van der Waals surface area contributed by atoms with E-state index >= 15 is 0 Å². The SMILES string of the molecule is CCc1n[nH]c(CN(C)C[C@H]2CCCN2c2cccnn2)n1. The van der Waals surface area contributed by atoms with Crippen LogP contribution in [0.25, 0.3) is 0 Å². The molecule has 1 atom stereocenters. The molecule has 0 aliphatic carbocycles. The van der Waals surface area contributed by atoms with Crippen molar-refractivity contribution in [2.24, 2.45) is 0 Å². The molecule has 1 N–H and O–H groups in total. The molecule has 7 nitrogen and oxygen atoms in total. The van der Waals surface area contributed by atoms with Gasteiger partial charge in [0.05, 0.1) is 6.54 Å². The largest absolute Gasteiger partial charge is 0.351 e. The second-order valence-corrected chi connectivity index (χ2v) is 5.82. The number of rotatable bonds is 6. The highest BCUT2D eigenvalue weighted by Gasteiger charge is 2.27. The van der Waals surface area contributed by atoms with Crippen molar-refractivity contribution in [1.29, 1.82) is 0 Å². The molecule has 1 fully saturated rings. The lowest BCUT2D eigenvalue weighted by Gasteiger charge is -2.28. The molecule has 3 heterocycles. The molecular formula is C15H23N7. The van der Waals surface area contributed by atoms with Crippen LogP contribution in [0.2, 0.25) is 0 Å². The molecule has 1 saturated heterocycles. The maximum absolute atomic E-state index is 4.48. The van der Waals surface area contributed by atoms with Gasteiger partial charge in [0.1, 0.15) is 11.6 Å². The Morgan fingerprint density at radius 1 is 1.45 bits per heavy atom. The van der Waals surface area contributed by atoms with Gasteiger partial charge in [0, 0.05) is 31.7 Å². The minimum absolute atomic E-state index is 0.482. The van der Waals surface area contributed by atoms with Gasteiger partial charge in [0.2, 0.25) is 0 Å². The molecule has 3 rings (SSSR count). The molecule has 0 saturated carbocycles. The Morgan fingerprint density at radius 2 is 2.36 bits per heavy atom. The van der Waals surface area contributed by atoms with E-state index < -0.39 is 0 Å². The van der Waals surface area contributed by atoms with Crippen molar-refractivity contribution in [1.82, 2.24) is 30.3 Å². The Bertz CT molecular complexity index is 583. The van der Waals surface area contributed by atoms with Crippen LogP contribution in [0.1, 0.15) is 31.4 Å². The van der Waals surface area contributed by atoms with Crippen LogP contribution in [-0.2, 0) is 13.0 Å². The van der Waals surface area contributed by atoms with Gasteiger partial charge in [-0.15, -0.1) is 5.10 Å². The molecule has 0 bridgehead atoms. The molecule has 22 heavy (non-hydrogen) atoms. The van der Waals surface area contributed by atoms with Gasteiger partial charge in [-0.25, -0.2) is 4.98 Å². The smallest absolute Gasteiger partial charge is 0.151 e. The third kappa shape index (κ3) is 3.41. The number of likely N-dealkylation sites (N-methyl/N-ethyl adjacent to an activating group) is 1. The van der Waals surface area contributed by atoms with Gasteiger partial charge in [-0.05, 0) is 32.0 Å². The monoisotopic (exact) mass is 301 g/mol. The zero-order chi connectivity index (χ0) is 15.4. The molecule has 0 amide bonds. The molecule has 0 radical (unpaired) electrons. The summed E-state index contributed by atoms with van der Waals surface area (Å²) in [5.41, 5.74) is 0. The van der Waals surface area contributed by atoms with Crippen molar-refractivity contribution >= 4 is 5.82 Å². The molecule has 1 aliphatic heterocycles. The Kier molecular flexibility index (Phi) is 4.62. The van der Waals surface area contributed by atoms with Crippen LogP contribution in [0.15, 0.2) is 18.3 Å². The Morgan fingerprint density at radius 3 is 3.09 bits per heavy atom. The summed E-state index contributed by atoms with van der Waals surface area (Å²) < 4.78 is 0. The van der Waals surface area contributed by atoms with Gasteiger partial charge in [0.25, 0.3) is 0 Å². The fraction of sp³-hybridized carbons (Fsp3) is 0.600. The predicted octanol–water partition coefficient (Wildman–Crippen LogP) is 1.26. The van der Waals surface area contributed by atoms with Crippen molar-refractivity contribution in [2.75, 3.05) is 25.0 Å². The summed E-state index contributed by atoms with van der Waals surface area (Å²) in [6.07, 6.45) is 4.98. The van der Waals surface area contributed by atoms with E-state index in [1.165, 1.54) is 12.8 Å². The Hall–Kier alpha value is -2.02. The van der Waals surface area contributed by atoms with Crippen LogP contribution < -0.4 is 4.90 Å². The number of nitrogens with zero attached hydrogens (tertiary/aromatic N) is 6. The van der Waals surface area contributed by atoms with Crippen molar-refractivity contribution < 1.29 is 0 Å². The molecule has 2 aromatic rings. The van der Waals surface area contributed by atoms with E-state index in [9.17, 15) is 0 Å². The Balaban J connectivity index is 1.59. The lowest BCUT2D eigenvalue weighted by atomic mass is 10.2. The van der Waals surface area contributed by atoms with E-state index in [1.54, 1.807) is 6.20 Å². The Labute approximate surface area is 130 Å². The minimum atomic E-state index is 0.482. The molecule has 0 unspecified atom stereocenters. The van der Waals surface area contributed by atoms with Crippen LogP contribution >= 0.6 is 0 Å². The number of aromatic amines is 1. The van der Waals surface area contributed by atoms with Crippen LogP contribution in [0.5, 0.6) is 0 Å². The lowest BCUT2D eigenvalue weighted by Crippen LogP contribution is -2.39. The van der Waals surface area contributed by atoms with Gasteiger partial charge < -0.3 is 4.90 Å². The number of hydrogen-bond acceptors (Lipinski definition) is 6. The van der Waals surface area contributed by atoms with Crippen LogP contribution in [-0.4, -0.2) is 56.5 Å². The van der Waals surface area contributed by atoms with Crippen molar-refractivity contribution in [3.8, 4) is 0 Å². The van der Waals surface area contributed by atoms with Gasteiger partial charge in [0.15, 0.2) is 5.82 Å². The highest BCUT2D eigenvalue weighted by molar-refractivity contribution is 5.39. The quantitative estimate of drug-likeness (QED) is 0.866.